The maximum atomic E-state index is 12.8. The molecule has 32 heavy (non-hydrogen) atoms. The summed E-state index contributed by atoms with van der Waals surface area (Å²) in [5.74, 6) is -0.982. The second-order valence-corrected chi connectivity index (χ2v) is 7.39. The third kappa shape index (κ3) is 4.01. The minimum absolute atomic E-state index is 0.0174. The number of benzene rings is 2. The van der Waals surface area contributed by atoms with Crippen molar-refractivity contribution >= 4 is 17.7 Å². The number of imide groups is 1. The summed E-state index contributed by atoms with van der Waals surface area (Å²) >= 11 is 0. The van der Waals surface area contributed by atoms with E-state index in [2.05, 4.69) is 0 Å². The first kappa shape index (κ1) is 21.4. The topological polar surface area (TPSA) is 70.8 Å². The number of amides is 3. The van der Waals surface area contributed by atoms with Crippen molar-refractivity contribution in [2.24, 2.45) is 0 Å². The second-order valence-electron chi connectivity index (χ2n) is 7.39. The monoisotopic (exact) mass is 442 g/mol. The summed E-state index contributed by atoms with van der Waals surface area (Å²) < 4.78 is 43.3. The summed E-state index contributed by atoms with van der Waals surface area (Å²) in [4.78, 5) is 40.5. The van der Waals surface area contributed by atoms with E-state index < -0.39 is 29.5 Å². The van der Waals surface area contributed by atoms with Gasteiger partial charge in [-0.15, -0.1) is 0 Å². The van der Waals surface area contributed by atoms with Crippen LogP contribution in [0, 0.1) is 0 Å². The molecule has 0 spiro atoms. The summed E-state index contributed by atoms with van der Waals surface area (Å²) in [7, 11) is 1.50. The molecule has 0 N–H and O–H groups in total. The van der Waals surface area contributed by atoms with E-state index in [1.807, 2.05) is 0 Å². The predicted molar refractivity (Wildman–Crippen MR) is 107 cm³/mol. The van der Waals surface area contributed by atoms with Gasteiger partial charge in [0.25, 0.3) is 17.7 Å². The highest BCUT2D eigenvalue weighted by molar-refractivity contribution is 6.22. The molecule has 9 heteroatoms. The molecule has 0 aliphatic carbocycles. The summed E-state index contributed by atoms with van der Waals surface area (Å²) in [5, 5.41) is 0. The van der Waals surface area contributed by atoms with Crippen LogP contribution in [0.3, 0.4) is 0 Å². The van der Waals surface area contributed by atoms with Gasteiger partial charge in [0.15, 0.2) is 0 Å². The van der Waals surface area contributed by atoms with Gasteiger partial charge in [-0.3, -0.25) is 19.3 Å². The molecule has 3 amide bonds. The highest BCUT2D eigenvalue weighted by atomic mass is 19.4. The van der Waals surface area contributed by atoms with Crippen molar-refractivity contribution in [2.45, 2.75) is 19.3 Å². The minimum Gasteiger partial charge on any atom is -0.467 e. The molecule has 1 aliphatic heterocycles. The molecule has 0 saturated heterocycles. The lowest BCUT2D eigenvalue weighted by Crippen LogP contribution is -2.29. The van der Waals surface area contributed by atoms with Crippen molar-refractivity contribution in [3.05, 3.63) is 94.4 Å². The first-order valence-corrected chi connectivity index (χ1v) is 9.59. The van der Waals surface area contributed by atoms with Gasteiger partial charge in [0.2, 0.25) is 0 Å². The van der Waals surface area contributed by atoms with Crippen LogP contribution in [0.4, 0.5) is 13.2 Å². The van der Waals surface area contributed by atoms with Crippen LogP contribution >= 0.6 is 0 Å². The first-order chi connectivity index (χ1) is 15.1. The molecule has 0 saturated carbocycles. The van der Waals surface area contributed by atoms with Crippen LogP contribution in [0.25, 0.3) is 0 Å². The van der Waals surface area contributed by atoms with E-state index in [4.69, 9.17) is 4.42 Å². The van der Waals surface area contributed by atoms with Gasteiger partial charge < -0.3 is 9.32 Å². The number of carbonyl (C=O) groups excluding carboxylic acids is 3. The van der Waals surface area contributed by atoms with E-state index in [9.17, 15) is 27.6 Å². The molecule has 0 fully saturated rings. The average molecular weight is 442 g/mol. The Balaban J connectivity index is 1.49. The van der Waals surface area contributed by atoms with Crippen molar-refractivity contribution in [3.63, 3.8) is 0 Å². The fraction of sp³-hybridized carbons (Fsp3) is 0.174. The van der Waals surface area contributed by atoms with E-state index in [0.717, 1.165) is 17.0 Å². The Labute approximate surface area is 180 Å². The van der Waals surface area contributed by atoms with E-state index in [1.165, 1.54) is 48.5 Å². The number of fused-ring (bicyclic) bond motifs is 1. The van der Waals surface area contributed by atoms with Crippen LogP contribution in [0.2, 0.25) is 0 Å². The molecule has 2 aromatic carbocycles. The Kier molecular flexibility index (Phi) is 5.33. The standard InChI is InChI=1S/C23H17F3N2O4/c1-27(12-14-4-7-16(8-5-14)23(24,25)26)20(29)15-6-9-18-19(11-15)22(31)28(21(18)30)13-17-3-2-10-32-17/h2-11H,12-13H2,1H3. The van der Waals surface area contributed by atoms with Gasteiger partial charge in [0, 0.05) is 19.2 Å². The average Bonchev–Trinajstić information content (AvgIpc) is 3.36. The predicted octanol–water partition coefficient (Wildman–Crippen LogP) is 4.37. The van der Waals surface area contributed by atoms with Gasteiger partial charge in [-0.2, -0.15) is 13.2 Å². The molecule has 0 bridgehead atoms. The molecular weight excluding hydrogens is 425 g/mol. The molecule has 6 nitrogen and oxygen atoms in total. The number of rotatable bonds is 5. The zero-order valence-corrected chi connectivity index (χ0v) is 16.8. The fourth-order valence-corrected chi connectivity index (χ4v) is 3.49. The van der Waals surface area contributed by atoms with E-state index in [0.29, 0.717) is 11.3 Å². The van der Waals surface area contributed by atoms with E-state index >= 15 is 0 Å². The molecule has 0 radical (unpaired) electrons. The van der Waals surface area contributed by atoms with E-state index in [-0.39, 0.29) is 29.8 Å². The molecule has 0 unspecified atom stereocenters. The van der Waals surface area contributed by atoms with Crippen LogP contribution in [-0.2, 0) is 19.3 Å². The van der Waals surface area contributed by atoms with Crippen LogP contribution in [0.5, 0.6) is 0 Å². The maximum Gasteiger partial charge on any atom is 0.416 e. The van der Waals surface area contributed by atoms with Crippen molar-refractivity contribution < 1.29 is 32.0 Å². The molecule has 164 valence electrons. The van der Waals surface area contributed by atoms with Gasteiger partial charge >= 0.3 is 6.18 Å². The summed E-state index contributed by atoms with van der Waals surface area (Å²) in [5.41, 5.74) is 0.264. The normalized spacial score (nSPS) is 13.4. The van der Waals surface area contributed by atoms with Crippen LogP contribution in [-0.4, -0.2) is 34.6 Å². The fourth-order valence-electron chi connectivity index (χ4n) is 3.49. The highest BCUT2D eigenvalue weighted by Gasteiger charge is 2.36. The van der Waals surface area contributed by atoms with Crippen molar-refractivity contribution in [2.75, 3.05) is 7.05 Å². The largest absolute Gasteiger partial charge is 0.467 e. The van der Waals surface area contributed by atoms with Crippen molar-refractivity contribution in [3.8, 4) is 0 Å². The second kappa shape index (κ2) is 7.99. The lowest BCUT2D eigenvalue weighted by Gasteiger charge is -2.18. The quantitative estimate of drug-likeness (QED) is 0.551. The third-order valence-electron chi connectivity index (χ3n) is 5.16. The van der Waals surface area contributed by atoms with Gasteiger partial charge in [0.05, 0.1) is 29.5 Å². The molecule has 1 aromatic heterocycles. The highest BCUT2D eigenvalue weighted by Crippen LogP contribution is 2.29. The van der Waals surface area contributed by atoms with Crippen LogP contribution in [0.1, 0.15) is 48.0 Å². The number of furan rings is 1. The zero-order valence-electron chi connectivity index (χ0n) is 16.8. The van der Waals surface area contributed by atoms with Crippen molar-refractivity contribution in [1.29, 1.82) is 0 Å². The Morgan fingerprint density at radius 2 is 1.69 bits per heavy atom. The summed E-state index contributed by atoms with van der Waals surface area (Å²) in [6.45, 7) is 0.0575. The Morgan fingerprint density at radius 3 is 2.31 bits per heavy atom. The molecule has 2 heterocycles. The minimum atomic E-state index is -4.43. The number of halogens is 3. The molecular formula is C23H17F3N2O4. The van der Waals surface area contributed by atoms with Crippen LogP contribution < -0.4 is 0 Å². The lowest BCUT2D eigenvalue weighted by molar-refractivity contribution is -0.137. The molecule has 3 aromatic rings. The number of hydrogen-bond donors (Lipinski definition) is 0. The molecule has 0 atom stereocenters. The number of nitrogens with zero attached hydrogens (tertiary/aromatic N) is 2. The number of hydrogen-bond acceptors (Lipinski definition) is 4. The Bertz CT molecular complexity index is 1180. The number of alkyl halides is 3. The molecule has 4 rings (SSSR count). The SMILES string of the molecule is CN(Cc1ccc(C(F)(F)F)cc1)C(=O)c1ccc2c(c1)C(=O)N(Cc1ccco1)C2=O. The number of carbonyl (C=O) groups is 3. The summed E-state index contributed by atoms with van der Waals surface area (Å²) in [6.07, 6.45) is -2.99. The van der Waals surface area contributed by atoms with Gasteiger partial charge in [-0.1, -0.05) is 12.1 Å². The third-order valence-corrected chi connectivity index (χ3v) is 5.16. The van der Waals surface area contributed by atoms with Gasteiger partial charge in [0.1, 0.15) is 5.76 Å². The van der Waals surface area contributed by atoms with Crippen molar-refractivity contribution in [1.82, 2.24) is 9.80 Å². The maximum absolute atomic E-state index is 12.8. The van der Waals surface area contributed by atoms with Gasteiger partial charge in [-0.25, -0.2) is 0 Å². The Morgan fingerprint density at radius 1 is 1.00 bits per heavy atom. The van der Waals surface area contributed by atoms with Gasteiger partial charge in [-0.05, 0) is 48.0 Å². The summed E-state index contributed by atoms with van der Waals surface area (Å²) in [6, 6.07) is 12.1. The van der Waals surface area contributed by atoms with E-state index in [1.54, 1.807) is 12.1 Å². The van der Waals surface area contributed by atoms with Crippen LogP contribution in [0.15, 0.2) is 65.3 Å². The first-order valence-electron chi connectivity index (χ1n) is 9.59. The lowest BCUT2D eigenvalue weighted by atomic mass is 10.0. The Hall–Kier alpha value is -3.88. The zero-order chi connectivity index (χ0) is 23.0. The molecule has 1 aliphatic rings. The smallest absolute Gasteiger partial charge is 0.416 e.